The molecule has 2 rings (SSSR count). The number of sulfonamides is 1. The third kappa shape index (κ3) is 3.14. The number of hydrogen-bond acceptors (Lipinski definition) is 4. The molecule has 19 heavy (non-hydrogen) atoms. The summed E-state index contributed by atoms with van der Waals surface area (Å²) in [6.45, 7) is 1.81. The summed E-state index contributed by atoms with van der Waals surface area (Å²) in [6.07, 6.45) is 0. The Hall–Kier alpha value is -1.39. The molecule has 0 unspecified atom stereocenters. The van der Waals surface area contributed by atoms with Crippen LogP contribution < -0.4 is 5.73 Å². The lowest BCUT2D eigenvalue weighted by Crippen LogP contribution is -2.40. The number of nitrogens with zero attached hydrogens (tertiary/aromatic N) is 1. The largest absolute Gasteiger partial charge is 0.379 e. The van der Waals surface area contributed by atoms with E-state index in [2.05, 4.69) is 11.8 Å². The van der Waals surface area contributed by atoms with Gasteiger partial charge in [-0.1, -0.05) is 24.0 Å². The molecule has 6 heteroatoms. The van der Waals surface area contributed by atoms with Gasteiger partial charge in [-0.05, 0) is 12.1 Å². The molecule has 0 saturated carbocycles. The summed E-state index contributed by atoms with van der Waals surface area (Å²) in [5.74, 6) is 5.50. The van der Waals surface area contributed by atoms with Crippen molar-refractivity contribution < 1.29 is 13.2 Å². The Kier molecular flexibility index (Phi) is 4.56. The van der Waals surface area contributed by atoms with Crippen molar-refractivity contribution in [3.63, 3.8) is 0 Å². The van der Waals surface area contributed by atoms with Gasteiger partial charge in [0, 0.05) is 18.7 Å². The highest BCUT2D eigenvalue weighted by Crippen LogP contribution is 2.20. The Morgan fingerprint density at radius 3 is 2.63 bits per heavy atom. The summed E-state index contributed by atoms with van der Waals surface area (Å²) in [6, 6.07) is 6.72. The third-order valence-electron chi connectivity index (χ3n) is 2.80. The van der Waals surface area contributed by atoms with Crippen molar-refractivity contribution in [2.45, 2.75) is 4.90 Å². The zero-order valence-electron chi connectivity index (χ0n) is 10.5. The smallest absolute Gasteiger partial charge is 0.244 e. The predicted molar refractivity (Wildman–Crippen MR) is 72.0 cm³/mol. The van der Waals surface area contributed by atoms with Crippen LogP contribution in [0.15, 0.2) is 29.2 Å². The molecule has 0 aliphatic carbocycles. The first-order valence-corrected chi connectivity index (χ1v) is 7.46. The van der Waals surface area contributed by atoms with Gasteiger partial charge in [0.15, 0.2) is 0 Å². The summed E-state index contributed by atoms with van der Waals surface area (Å²) in [5.41, 5.74) is 5.81. The van der Waals surface area contributed by atoms with Gasteiger partial charge in [-0.25, -0.2) is 8.42 Å². The van der Waals surface area contributed by atoms with Gasteiger partial charge in [0.25, 0.3) is 0 Å². The molecule has 1 aliphatic heterocycles. The maximum absolute atomic E-state index is 12.5. The third-order valence-corrected chi connectivity index (χ3v) is 4.76. The lowest BCUT2D eigenvalue weighted by atomic mass is 10.2. The van der Waals surface area contributed by atoms with Crippen molar-refractivity contribution in [3.8, 4) is 11.8 Å². The minimum Gasteiger partial charge on any atom is -0.379 e. The normalized spacial score (nSPS) is 16.7. The number of nitrogens with two attached hydrogens (primary N) is 1. The fourth-order valence-electron chi connectivity index (χ4n) is 1.87. The second kappa shape index (κ2) is 6.17. The van der Waals surface area contributed by atoms with E-state index in [0.29, 0.717) is 31.9 Å². The standard InChI is InChI=1S/C13H16N2O3S/c14-7-3-5-12-4-1-2-6-13(12)19(16,17)15-8-10-18-11-9-15/h1-2,4,6H,7-11,14H2. The fourth-order valence-corrected chi connectivity index (χ4v) is 3.42. The van der Waals surface area contributed by atoms with Crippen LogP contribution >= 0.6 is 0 Å². The molecule has 0 bridgehead atoms. The fraction of sp³-hybridized carbons (Fsp3) is 0.385. The summed E-state index contributed by atoms with van der Waals surface area (Å²) < 4.78 is 31.7. The molecular weight excluding hydrogens is 264 g/mol. The monoisotopic (exact) mass is 280 g/mol. The zero-order valence-corrected chi connectivity index (χ0v) is 11.3. The minimum absolute atomic E-state index is 0.200. The minimum atomic E-state index is -3.51. The second-order valence-electron chi connectivity index (χ2n) is 4.02. The van der Waals surface area contributed by atoms with Crippen LogP contribution in [0.2, 0.25) is 0 Å². The van der Waals surface area contributed by atoms with E-state index < -0.39 is 10.0 Å². The topological polar surface area (TPSA) is 72.6 Å². The molecule has 0 aromatic heterocycles. The highest BCUT2D eigenvalue weighted by molar-refractivity contribution is 7.89. The van der Waals surface area contributed by atoms with Gasteiger partial charge in [0.2, 0.25) is 10.0 Å². The van der Waals surface area contributed by atoms with Crippen molar-refractivity contribution in [2.75, 3.05) is 32.8 Å². The highest BCUT2D eigenvalue weighted by Gasteiger charge is 2.27. The summed E-state index contributed by atoms with van der Waals surface area (Å²) in [7, 11) is -3.51. The first kappa shape index (κ1) is 14.0. The lowest BCUT2D eigenvalue weighted by molar-refractivity contribution is 0.0730. The molecule has 1 aromatic carbocycles. The van der Waals surface area contributed by atoms with Gasteiger partial charge in [-0.15, -0.1) is 0 Å². The quantitative estimate of drug-likeness (QED) is 0.775. The number of hydrogen-bond donors (Lipinski definition) is 1. The number of ether oxygens (including phenoxy) is 1. The van der Waals surface area contributed by atoms with Gasteiger partial charge in [0.1, 0.15) is 0 Å². The molecular formula is C13H16N2O3S. The van der Waals surface area contributed by atoms with Gasteiger partial charge < -0.3 is 10.5 Å². The van der Waals surface area contributed by atoms with Gasteiger partial charge in [-0.2, -0.15) is 4.31 Å². The molecule has 102 valence electrons. The Morgan fingerprint density at radius 1 is 1.26 bits per heavy atom. The van der Waals surface area contributed by atoms with Crippen LogP contribution in [0.5, 0.6) is 0 Å². The van der Waals surface area contributed by atoms with Crippen LogP contribution in [0.1, 0.15) is 5.56 Å². The van der Waals surface area contributed by atoms with Gasteiger partial charge in [-0.3, -0.25) is 0 Å². The Bertz CT molecular complexity index is 596. The van der Waals surface area contributed by atoms with E-state index in [0.717, 1.165) is 0 Å². The number of benzene rings is 1. The van der Waals surface area contributed by atoms with E-state index in [1.165, 1.54) is 4.31 Å². The summed E-state index contributed by atoms with van der Waals surface area (Å²) in [5, 5.41) is 0. The SMILES string of the molecule is NCC#Cc1ccccc1S(=O)(=O)N1CCOCC1. The van der Waals surface area contributed by atoms with Crippen LogP contribution in [0.3, 0.4) is 0 Å². The molecule has 5 nitrogen and oxygen atoms in total. The molecule has 1 heterocycles. The van der Waals surface area contributed by atoms with Crippen molar-refractivity contribution in [2.24, 2.45) is 5.73 Å². The van der Waals surface area contributed by atoms with Crippen LogP contribution in [0.25, 0.3) is 0 Å². The van der Waals surface area contributed by atoms with E-state index in [1.807, 2.05) is 0 Å². The Balaban J connectivity index is 2.39. The average Bonchev–Trinajstić information content (AvgIpc) is 2.46. The first-order chi connectivity index (χ1) is 9.16. The maximum atomic E-state index is 12.5. The Labute approximate surface area is 113 Å². The summed E-state index contributed by atoms with van der Waals surface area (Å²) in [4.78, 5) is 0.234. The number of morpholine rings is 1. The van der Waals surface area contributed by atoms with Crippen molar-refractivity contribution in [1.82, 2.24) is 4.31 Å². The molecule has 0 spiro atoms. The first-order valence-electron chi connectivity index (χ1n) is 6.02. The van der Waals surface area contributed by atoms with E-state index >= 15 is 0 Å². The molecule has 1 aliphatic rings. The van der Waals surface area contributed by atoms with E-state index in [-0.39, 0.29) is 11.4 Å². The van der Waals surface area contributed by atoms with Crippen LogP contribution in [-0.2, 0) is 14.8 Å². The lowest BCUT2D eigenvalue weighted by Gasteiger charge is -2.26. The van der Waals surface area contributed by atoms with E-state index in [1.54, 1.807) is 24.3 Å². The molecule has 1 saturated heterocycles. The maximum Gasteiger partial charge on any atom is 0.244 e. The second-order valence-corrected chi connectivity index (χ2v) is 5.92. The van der Waals surface area contributed by atoms with Gasteiger partial charge in [0.05, 0.1) is 24.7 Å². The van der Waals surface area contributed by atoms with Crippen LogP contribution in [0, 0.1) is 11.8 Å². The molecule has 1 aromatic rings. The van der Waals surface area contributed by atoms with Crippen molar-refractivity contribution >= 4 is 10.0 Å². The molecule has 0 atom stereocenters. The molecule has 0 amide bonds. The predicted octanol–water partition coefficient (Wildman–Crippen LogP) is 0.0177. The van der Waals surface area contributed by atoms with Crippen LogP contribution in [-0.4, -0.2) is 45.6 Å². The van der Waals surface area contributed by atoms with Gasteiger partial charge >= 0.3 is 0 Å². The van der Waals surface area contributed by atoms with E-state index in [9.17, 15) is 8.42 Å². The number of rotatable bonds is 2. The van der Waals surface area contributed by atoms with E-state index in [4.69, 9.17) is 10.5 Å². The van der Waals surface area contributed by atoms with Crippen molar-refractivity contribution in [1.29, 1.82) is 0 Å². The Morgan fingerprint density at radius 2 is 1.95 bits per heavy atom. The van der Waals surface area contributed by atoms with Crippen LogP contribution in [0.4, 0.5) is 0 Å². The molecule has 1 fully saturated rings. The summed E-state index contributed by atoms with van der Waals surface area (Å²) >= 11 is 0. The zero-order chi connectivity index (χ0) is 13.7. The average molecular weight is 280 g/mol. The molecule has 2 N–H and O–H groups in total. The highest BCUT2D eigenvalue weighted by atomic mass is 32.2. The van der Waals surface area contributed by atoms with Crippen molar-refractivity contribution in [3.05, 3.63) is 29.8 Å². The molecule has 0 radical (unpaired) electrons.